The van der Waals surface area contributed by atoms with E-state index in [1.165, 1.54) is 25.9 Å². The highest BCUT2D eigenvalue weighted by molar-refractivity contribution is 6.33. The summed E-state index contributed by atoms with van der Waals surface area (Å²) in [6.45, 7) is 7.81. The van der Waals surface area contributed by atoms with Gasteiger partial charge in [-0.2, -0.15) is 0 Å². The maximum atomic E-state index is 11.6. The van der Waals surface area contributed by atoms with Crippen molar-refractivity contribution in [3.8, 4) is 0 Å². The third kappa shape index (κ3) is 4.74. The average Bonchev–Trinajstić information content (AvgIpc) is 3.71. The maximum absolute atomic E-state index is 11.6. The molecule has 0 aromatic carbocycles. The number of carbonyl (C=O) groups excluding carboxylic acids is 1. The number of fused-ring (bicyclic) bond motifs is 2. The van der Waals surface area contributed by atoms with Crippen molar-refractivity contribution in [2.24, 2.45) is 17.8 Å². The van der Waals surface area contributed by atoms with E-state index in [0.717, 1.165) is 25.7 Å². The largest absolute Gasteiger partial charge is 0.457 e. The summed E-state index contributed by atoms with van der Waals surface area (Å²) < 4.78 is 21.4. The van der Waals surface area contributed by atoms with E-state index >= 15 is 0 Å². The first-order valence-electron chi connectivity index (χ1n) is 15.1. The Bertz CT molecular complexity index is 1750. The molecule has 2 aliphatic carbocycles. The van der Waals surface area contributed by atoms with Crippen molar-refractivity contribution in [2.45, 2.75) is 95.3 Å². The Hall–Kier alpha value is -3.50. The van der Waals surface area contributed by atoms with Gasteiger partial charge in [0, 0.05) is 12.8 Å². The Morgan fingerprint density at radius 1 is 0.889 bits per heavy atom. The molecule has 4 aromatic heterocycles. The second kappa shape index (κ2) is 10.8. The van der Waals surface area contributed by atoms with Gasteiger partial charge in [-0.15, -0.1) is 0 Å². The molecule has 1 unspecified atom stereocenters. The van der Waals surface area contributed by atoms with Crippen molar-refractivity contribution in [3.05, 3.63) is 30.5 Å². The van der Waals surface area contributed by atoms with Gasteiger partial charge in [0.25, 0.3) is 0 Å². The number of aromatic nitrogens is 8. The van der Waals surface area contributed by atoms with E-state index in [1.54, 1.807) is 15.5 Å². The van der Waals surface area contributed by atoms with E-state index in [0.29, 0.717) is 39.3 Å². The lowest BCUT2D eigenvalue weighted by atomic mass is 9.65. The molecule has 16 heteroatoms. The lowest BCUT2D eigenvalue weighted by Crippen LogP contribution is -2.52. The minimum absolute atomic E-state index is 0.0948. The zero-order valence-corrected chi connectivity index (χ0v) is 26.1. The van der Waals surface area contributed by atoms with Crippen LogP contribution in [0.4, 0.5) is 5.82 Å². The fourth-order valence-corrected chi connectivity index (χ4v) is 7.88. The van der Waals surface area contributed by atoms with Gasteiger partial charge in [-0.1, -0.05) is 32.4 Å². The zero-order chi connectivity index (χ0) is 31.8. The number of aliphatic hydroxyl groups is 2. The van der Waals surface area contributed by atoms with Gasteiger partial charge in [0.15, 0.2) is 40.8 Å². The number of carbonyl (C=O) groups is 1. The molecule has 4 aromatic rings. The number of halogens is 1. The van der Waals surface area contributed by atoms with E-state index in [2.05, 4.69) is 50.7 Å². The van der Waals surface area contributed by atoms with E-state index in [-0.39, 0.29) is 29.4 Å². The second-order valence-electron chi connectivity index (χ2n) is 13.0. The molecule has 6 heterocycles. The van der Waals surface area contributed by atoms with Crippen molar-refractivity contribution in [2.75, 3.05) is 5.73 Å². The first-order valence-corrected chi connectivity index (χ1v) is 15.5. The van der Waals surface area contributed by atoms with Crippen LogP contribution in [-0.4, -0.2) is 84.7 Å². The predicted molar refractivity (Wildman–Crippen MR) is 159 cm³/mol. The second-order valence-corrected chi connectivity index (χ2v) is 13.4. The van der Waals surface area contributed by atoms with Crippen LogP contribution in [-0.2, 0) is 19.0 Å². The van der Waals surface area contributed by atoms with Gasteiger partial charge >= 0.3 is 5.97 Å². The number of hydrogen-bond donors (Lipinski definition) is 3. The SMILES string of the molecule is CC(=O)OC1[C@H](n2cnc3c(Cl)ncnc32)OC2(CC(C)C2)[C@H]1C.CC1CC2(C1)O[C@@H](n1cnc3c(N)ncnc31)[C@H](O)[C@@H]2O. The van der Waals surface area contributed by atoms with Crippen LogP contribution in [0.25, 0.3) is 22.3 Å². The molecule has 8 rings (SSSR count). The zero-order valence-electron chi connectivity index (χ0n) is 25.3. The van der Waals surface area contributed by atoms with Gasteiger partial charge in [-0.05, 0) is 37.5 Å². The Morgan fingerprint density at radius 3 is 2.09 bits per heavy atom. The first kappa shape index (κ1) is 30.2. The molecule has 0 radical (unpaired) electrons. The fourth-order valence-electron chi connectivity index (χ4n) is 7.71. The molecule has 4 aliphatic rings. The standard InChI is InChI=1S/C16H19ClN4O3.C13H17N5O3/c1-8-4-16(5-8)9(2)12(23-10(3)22)15(24-16)21-7-20-11-13(17)18-6-19-14(11)21;1-6-2-13(3-6)9(20)8(19)12(21-13)18-5-17-7-10(14)15-4-16-11(7)18/h6-9,12,15H,4-5H2,1-3H3;4-6,8-9,12,19-20H,2-3H2,1H3,(H2,14,15,16)/t8?,9-,12?,15+,16?;6?,8-,9+,12-,13?/m01/s1. The average molecular weight is 642 g/mol. The summed E-state index contributed by atoms with van der Waals surface area (Å²) in [6, 6.07) is 0. The molecule has 2 aliphatic heterocycles. The molecule has 2 saturated heterocycles. The van der Waals surface area contributed by atoms with Crippen LogP contribution in [0.15, 0.2) is 25.3 Å². The minimum Gasteiger partial charge on any atom is -0.457 e. The van der Waals surface area contributed by atoms with Crippen LogP contribution in [0.2, 0.25) is 5.15 Å². The first-order chi connectivity index (χ1) is 21.4. The number of nitrogen functional groups attached to an aromatic ring is 1. The highest BCUT2D eigenvalue weighted by Crippen LogP contribution is 2.56. The number of ether oxygens (including phenoxy) is 3. The Balaban J connectivity index is 0.000000146. The van der Waals surface area contributed by atoms with Gasteiger partial charge < -0.3 is 30.2 Å². The van der Waals surface area contributed by atoms with Crippen LogP contribution in [0.3, 0.4) is 0 Å². The van der Waals surface area contributed by atoms with Crippen LogP contribution in [0.1, 0.15) is 65.8 Å². The molecule has 2 saturated carbocycles. The number of esters is 1. The predicted octanol–water partition coefficient (Wildman–Crippen LogP) is 2.57. The Kier molecular flexibility index (Phi) is 7.24. The number of hydrogen-bond acceptors (Lipinski definition) is 13. The molecule has 0 bridgehead atoms. The smallest absolute Gasteiger partial charge is 0.303 e. The lowest BCUT2D eigenvalue weighted by molar-refractivity contribution is -0.166. The van der Waals surface area contributed by atoms with Crippen LogP contribution in [0, 0.1) is 17.8 Å². The molecular formula is C29H36ClN9O6. The number of nitrogens with zero attached hydrogens (tertiary/aromatic N) is 8. The monoisotopic (exact) mass is 641 g/mol. The quantitative estimate of drug-likeness (QED) is 0.218. The van der Waals surface area contributed by atoms with E-state index in [4.69, 9.17) is 31.5 Å². The highest BCUT2D eigenvalue weighted by atomic mass is 35.5. The molecule has 0 amide bonds. The Labute approximate surface area is 263 Å². The molecule has 6 atom stereocenters. The van der Waals surface area contributed by atoms with E-state index in [1.807, 2.05) is 0 Å². The summed E-state index contributed by atoms with van der Waals surface area (Å²) in [4.78, 5) is 36.3. The summed E-state index contributed by atoms with van der Waals surface area (Å²) >= 11 is 6.09. The molecule has 15 nitrogen and oxygen atoms in total. The molecule has 4 N–H and O–H groups in total. The summed E-state index contributed by atoms with van der Waals surface area (Å²) in [7, 11) is 0. The number of anilines is 1. The fraction of sp³-hybridized carbons (Fsp3) is 0.621. The normalized spacial score (nSPS) is 37.0. The molecule has 240 valence electrons. The topological polar surface area (TPSA) is 198 Å². The third-order valence-corrected chi connectivity index (χ3v) is 10.1. The highest BCUT2D eigenvalue weighted by Gasteiger charge is 2.61. The summed E-state index contributed by atoms with van der Waals surface area (Å²) in [5, 5.41) is 21.0. The van der Waals surface area contributed by atoms with Crippen LogP contribution >= 0.6 is 11.6 Å². The summed E-state index contributed by atoms with van der Waals surface area (Å²) in [5.41, 5.74) is 6.90. The van der Waals surface area contributed by atoms with Crippen molar-refractivity contribution >= 4 is 45.7 Å². The molecule has 4 fully saturated rings. The summed E-state index contributed by atoms with van der Waals surface area (Å²) in [6.07, 6.45) is 5.78. The molecule has 2 spiro atoms. The van der Waals surface area contributed by atoms with Gasteiger partial charge in [0.1, 0.15) is 35.9 Å². The number of imidazole rings is 2. The van der Waals surface area contributed by atoms with Gasteiger partial charge in [0.05, 0.1) is 23.9 Å². The van der Waals surface area contributed by atoms with Crippen molar-refractivity contribution in [3.63, 3.8) is 0 Å². The lowest BCUT2D eigenvalue weighted by Gasteiger charge is -2.46. The Morgan fingerprint density at radius 2 is 1.44 bits per heavy atom. The van der Waals surface area contributed by atoms with Crippen molar-refractivity contribution in [1.29, 1.82) is 0 Å². The maximum Gasteiger partial charge on any atom is 0.303 e. The molecular weight excluding hydrogens is 606 g/mol. The van der Waals surface area contributed by atoms with E-state index < -0.39 is 30.3 Å². The van der Waals surface area contributed by atoms with E-state index in [9.17, 15) is 15.0 Å². The van der Waals surface area contributed by atoms with Crippen molar-refractivity contribution in [1.82, 2.24) is 39.0 Å². The van der Waals surface area contributed by atoms with Gasteiger partial charge in [0.2, 0.25) is 0 Å². The molecule has 45 heavy (non-hydrogen) atoms. The van der Waals surface area contributed by atoms with Crippen LogP contribution < -0.4 is 5.73 Å². The minimum atomic E-state index is -1.02. The third-order valence-electron chi connectivity index (χ3n) is 9.80. The number of nitrogens with two attached hydrogens (primary N) is 1. The van der Waals surface area contributed by atoms with Crippen molar-refractivity contribution < 1.29 is 29.2 Å². The summed E-state index contributed by atoms with van der Waals surface area (Å²) in [5.74, 6) is 1.15. The number of aliphatic hydroxyl groups excluding tert-OH is 2. The van der Waals surface area contributed by atoms with Gasteiger partial charge in [-0.25, -0.2) is 29.9 Å². The number of rotatable bonds is 3. The van der Waals surface area contributed by atoms with Crippen LogP contribution in [0.5, 0.6) is 0 Å². The van der Waals surface area contributed by atoms with Gasteiger partial charge in [-0.3, -0.25) is 13.9 Å².